The Morgan fingerprint density at radius 2 is 1.89 bits per heavy atom. The molecule has 1 aliphatic rings. The molecule has 108 valence electrons. The fourth-order valence-electron chi connectivity index (χ4n) is 2.06. The Balaban J connectivity index is 0.00000180. The lowest BCUT2D eigenvalue weighted by molar-refractivity contribution is 0.296. The van der Waals surface area contributed by atoms with Crippen LogP contribution < -0.4 is 10.5 Å². The predicted molar refractivity (Wildman–Crippen MR) is 83.4 cm³/mol. The molecule has 0 bridgehead atoms. The zero-order valence-electron chi connectivity index (χ0n) is 12.2. The number of rotatable bonds is 6. The number of nitrogens with two attached hydrogens (primary N) is 1. The van der Waals surface area contributed by atoms with Crippen LogP contribution >= 0.6 is 12.4 Å². The van der Waals surface area contributed by atoms with Gasteiger partial charge < -0.3 is 10.5 Å². The Morgan fingerprint density at radius 3 is 2.47 bits per heavy atom. The number of aryl methyl sites for hydroxylation is 2. The van der Waals surface area contributed by atoms with E-state index in [1.54, 1.807) is 0 Å². The van der Waals surface area contributed by atoms with Crippen molar-refractivity contribution in [1.82, 2.24) is 0 Å². The van der Waals surface area contributed by atoms with E-state index < -0.39 is 0 Å². The van der Waals surface area contributed by atoms with E-state index in [4.69, 9.17) is 10.5 Å². The van der Waals surface area contributed by atoms with Crippen LogP contribution in [0.25, 0.3) is 0 Å². The van der Waals surface area contributed by atoms with Gasteiger partial charge >= 0.3 is 0 Å². The Morgan fingerprint density at radius 1 is 1.26 bits per heavy atom. The van der Waals surface area contributed by atoms with Crippen molar-refractivity contribution in [2.45, 2.75) is 52.5 Å². The van der Waals surface area contributed by atoms with Crippen LogP contribution in [0, 0.1) is 19.8 Å². The summed E-state index contributed by atoms with van der Waals surface area (Å²) in [6.45, 7) is 7.30. The summed E-state index contributed by atoms with van der Waals surface area (Å²) < 4.78 is 5.99. The minimum atomic E-state index is 0. The summed E-state index contributed by atoms with van der Waals surface area (Å²) in [6.07, 6.45) is 4.58. The molecule has 0 saturated heterocycles. The normalized spacial score (nSPS) is 15.8. The molecular formula is C16H26ClNO. The minimum absolute atomic E-state index is 0. The molecule has 1 fully saturated rings. The molecule has 1 atom stereocenters. The second-order valence-electron chi connectivity index (χ2n) is 5.67. The highest BCUT2D eigenvalue weighted by atomic mass is 35.5. The minimum Gasteiger partial charge on any atom is -0.493 e. The molecule has 1 aliphatic carbocycles. The van der Waals surface area contributed by atoms with Crippen LogP contribution in [0.4, 0.5) is 0 Å². The average Bonchev–Trinajstić information content (AvgIpc) is 3.15. The van der Waals surface area contributed by atoms with Crippen LogP contribution in [0.1, 0.15) is 42.9 Å². The lowest BCUT2D eigenvalue weighted by Gasteiger charge is -2.16. The van der Waals surface area contributed by atoms with Crippen LogP contribution in [-0.4, -0.2) is 12.6 Å². The SMILES string of the molecule is CCC(N)Cc1cc(C)c(C)cc1OCC1CC1.Cl. The predicted octanol–water partition coefficient (Wildman–Crippen LogP) is 3.79. The van der Waals surface area contributed by atoms with Crippen molar-refractivity contribution in [2.75, 3.05) is 6.61 Å². The van der Waals surface area contributed by atoms with E-state index in [0.29, 0.717) is 0 Å². The second kappa shape index (κ2) is 7.16. The number of hydrogen-bond acceptors (Lipinski definition) is 2. The third-order valence-electron chi connectivity index (χ3n) is 3.85. The first-order valence-electron chi connectivity index (χ1n) is 7.08. The second-order valence-corrected chi connectivity index (χ2v) is 5.67. The molecule has 1 saturated carbocycles. The van der Waals surface area contributed by atoms with Crippen molar-refractivity contribution in [3.05, 3.63) is 28.8 Å². The molecule has 2 rings (SSSR count). The number of benzene rings is 1. The summed E-state index contributed by atoms with van der Waals surface area (Å²) in [7, 11) is 0. The van der Waals surface area contributed by atoms with Crippen molar-refractivity contribution >= 4 is 12.4 Å². The maximum absolute atomic E-state index is 6.07. The van der Waals surface area contributed by atoms with Gasteiger partial charge in [0, 0.05) is 6.04 Å². The Hall–Kier alpha value is -0.730. The third-order valence-corrected chi connectivity index (χ3v) is 3.85. The molecule has 0 radical (unpaired) electrons. The highest BCUT2D eigenvalue weighted by Gasteiger charge is 2.22. The van der Waals surface area contributed by atoms with Crippen LogP contribution in [0.5, 0.6) is 5.75 Å². The van der Waals surface area contributed by atoms with Gasteiger partial charge in [0.1, 0.15) is 5.75 Å². The van der Waals surface area contributed by atoms with E-state index in [-0.39, 0.29) is 18.4 Å². The van der Waals surface area contributed by atoms with Gasteiger partial charge in [-0.1, -0.05) is 13.0 Å². The topological polar surface area (TPSA) is 35.2 Å². The highest BCUT2D eigenvalue weighted by Crippen LogP contribution is 2.31. The summed E-state index contributed by atoms with van der Waals surface area (Å²) in [4.78, 5) is 0. The lowest BCUT2D eigenvalue weighted by Crippen LogP contribution is -2.22. The van der Waals surface area contributed by atoms with E-state index in [1.165, 1.54) is 29.5 Å². The molecule has 1 aromatic rings. The van der Waals surface area contributed by atoms with Gasteiger partial charge in [-0.3, -0.25) is 0 Å². The molecule has 1 unspecified atom stereocenters. The van der Waals surface area contributed by atoms with E-state index in [1.807, 2.05) is 0 Å². The standard InChI is InChI=1S/C16H25NO.ClH/c1-4-15(17)9-14-7-11(2)12(3)8-16(14)18-10-13-5-6-13;/h7-8,13,15H,4-6,9-10,17H2,1-3H3;1H. The van der Waals surface area contributed by atoms with Crippen molar-refractivity contribution in [2.24, 2.45) is 11.7 Å². The molecule has 0 aliphatic heterocycles. The first-order valence-corrected chi connectivity index (χ1v) is 7.08. The highest BCUT2D eigenvalue weighted by molar-refractivity contribution is 5.85. The first kappa shape index (κ1) is 16.3. The van der Waals surface area contributed by atoms with Gasteiger partial charge in [0.05, 0.1) is 6.61 Å². The van der Waals surface area contributed by atoms with Gasteiger partial charge in [0.15, 0.2) is 0 Å². The fraction of sp³-hybridized carbons (Fsp3) is 0.625. The molecule has 0 aromatic heterocycles. The smallest absolute Gasteiger partial charge is 0.122 e. The molecular weight excluding hydrogens is 258 g/mol. The zero-order chi connectivity index (χ0) is 13.1. The van der Waals surface area contributed by atoms with Gasteiger partial charge in [-0.2, -0.15) is 0 Å². The van der Waals surface area contributed by atoms with Crippen molar-refractivity contribution < 1.29 is 4.74 Å². The Kier molecular flexibility index (Phi) is 6.15. The quantitative estimate of drug-likeness (QED) is 0.862. The van der Waals surface area contributed by atoms with Gasteiger partial charge in [-0.15, -0.1) is 12.4 Å². The largest absolute Gasteiger partial charge is 0.493 e. The Labute approximate surface area is 123 Å². The molecule has 0 spiro atoms. The van der Waals surface area contributed by atoms with E-state index in [0.717, 1.165) is 31.1 Å². The maximum Gasteiger partial charge on any atom is 0.122 e. The molecule has 1 aromatic carbocycles. The van der Waals surface area contributed by atoms with Gasteiger partial charge in [0.2, 0.25) is 0 Å². The maximum atomic E-state index is 6.07. The lowest BCUT2D eigenvalue weighted by atomic mass is 9.99. The summed E-state index contributed by atoms with van der Waals surface area (Å²) in [5.74, 6) is 1.84. The zero-order valence-corrected chi connectivity index (χ0v) is 13.1. The molecule has 19 heavy (non-hydrogen) atoms. The summed E-state index contributed by atoms with van der Waals surface area (Å²) in [5, 5.41) is 0. The van der Waals surface area contributed by atoms with E-state index in [9.17, 15) is 0 Å². The van der Waals surface area contributed by atoms with Crippen molar-refractivity contribution in [3.8, 4) is 5.75 Å². The number of hydrogen-bond donors (Lipinski definition) is 1. The summed E-state index contributed by atoms with van der Waals surface area (Å²) in [5.41, 5.74) is 9.97. The van der Waals surface area contributed by atoms with Crippen LogP contribution in [0.3, 0.4) is 0 Å². The molecule has 2 N–H and O–H groups in total. The third kappa shape index (κ3) is 4.70. The number of ether oxygens (including phenoxy) is 1. The van der Waals surface area contributed by atoms with E-state index in [2.05, 4.69) is 32.9 Å². The van der Waals surface area contributed by atoms with Crippen molar-refractivity contribution in [3.63, 3.8) is 0 Å². The van der Waals surface area contributed by atoms with Gasteiger partial charge in [0.25, 0.3) is 0 Å². The van der Waals surface area contributed by atoms with Crippen LogP contribution in [-0.2, 0) is 6.42 Å². The Bertz CT molecular complexity index is 415. The van der Waals surface area contributed by atoms with Crippen LogP contribution in [0.2, 0.25) is 0 Å². The van der Waals surface area contributed by atoms with Crippen LogP contribution in [0.15, 0.2) is 12.1 Å². The molecule has 3 heteroatoms. The number of halogens is 1. The van der Waals surface area contributed by atoms with Gasteiger partial charge in [-0.05, 0) is 68.2 Å². The average molecular weight is 284 g/mol. The van der Waals surface area contributed by atoms with Gasteiger partial charge in [-0.25, -0.2) is 0 Å². The first-order chi connectivity index (χ1) is 8.60. The fourth-order valence-corrected chi connectivity index (χ4v) is 2.06. The van der Waals surface area contributed by atoms with E-state index >= 15 is 0 Å². The molecule has 0 amide bonds. The monoisotopic (exact) mass is 283 g/mol. The molecule has 2 nitrogen and oxygen atoms in total. The molecule has 0 heterocycles. The summed E-state index contributed by atoms with van der Waals surface area (Å²) in [6, 6.07) is 4.65. The van der Waals surface area contributed by atoms with Crippen molar-refractivity contribution in [1.29, 1.82) is 0 Å². The summed E-state index contributed by atoms with van der Waals surface area (Å²) >= 11 is 0.